The lowest BCUT2D eigenvalue weighted by Gasteiger charge is -2.35. The van der Waals surface area contributed by atoms with E-state index < -0.39 is 11.4 Å². The number of hydrogen-bond acceptors (Lipinski definition) is 2. The van der Waals surface area contributed by atoms with Crippen molar-refractivity contribution in [1.29, 1.82) is 0 Å². The zero-order chi connectivity index (χ0) is 14.6. The summed E-state index contributed by atoms with van der Waals surface area (Å²) < 4.78 is 0. The van der Waals surface area contributed by atoms with E-state index in [-0.39, 0.29) is 5.92 Å². The van der Waals surface area contributed by atoms with Crippen LogP contribution < -0.4 is 0 Å². The Morgan fingerprint density at radius 2 is 1.85 bits per heavy atom. The summed E-state index contributed by atoms with van der Waals surface area (Å²) in [6.07, 6.45) is 4.10. The van der Waals surface area contributed by atoms with Gasteiger partial charge in [-0.1, -0.05) is 56.7 Å². The summed E-state index contributed by atoms with van der Waals surface area (Å²) in [6, 6.07) is 13.1. The van der Waals surface area contributed by atoms with Crippen LogP contribution in [0, 0.1) is 5.92 Å². The number of carboxylic acid groups (broad SMARTS) is 1. The highest BCUT2D eigenvalue weighted by atomic mass is 16.4. The number of carbonyl (C=O) groups is 1. The van der Waals surface area contributed by atoms with E-state index in [1.165, 1.54) is 0 Å². The molecule has 2 atom stereocenters. The average molecular weight is 269 g/mol. The Kier molecular flexibility index (Phi) is 4.18. The van der Waals surface area contributed by atoms with E-state index >= 15 is 0 Å². The predicted octanol–water partition coefficient (Wildman–Crippen LogP) is 3.50. The van der Waals surface area contributed by atoms with E-state index in [0.717, 1.165) is 17.5 Å². The lowest BCUT2D eigenvalue weighted by atomic mass is 9.66. The van der Waals surface area contributed by atoms with E-state index in [4.69, 9.17) is 0 Å². The van der Waals surface area contributed by atoms with Gasteiger partial charge < -0.3 is 5.11 Å². The van der Waals surface area contributed by atoms with E-state index in [1.54, 1.807) is 18.5 Å². The van der Waals surface area contributed by atoms with Crippen LogP contribution in [0.3, 0.4) is 0 Å². The predicted molar refractivity (Wildman–Crippen MR) is 78.5 cm³/mol. The summed E-state index contributed by atoms with van der Waals surface area (Å²) in [4.78, 5) is 16.3. The Labute approximate surface area is 119 Å². The Morgan fingerprint density at radius 3 is 2.35 bits per heavy atom. The highest BCUT2D eigenvalue weighted by Crippen LogP contribution is 2.40. The van der Waals surface area contributed by atoms with Crippen LogP contribution in [0.2, 0.25) is 0 Å². The molecule has 20 heavy (non-hydrogen) atoms. The molecule has 0 aliphatic heterocycles. The average Bonchev–Trinajstić information content (AvgIpc) is 2.49. The van der Waals surface area contributed by atoms with Crippen LogP contribution in [0.4, 0.5) is 0 Å². The molecule has 0 saturated heterocycles. The van der Waals surface area contributed by atoms with Crippen LogP contribution in [0.15, 0.2) is 54.9 Å². The second-order valence-corrected chi connectivity index (χ2v) is 5.03. The van der Waals surface area contributed by atoms with Crippen molar-refractivity contribution in [2.75, 3.05) is 0 Å². The molecule has 2 rings (SSSR count). The molecule has 1 aromatic heterocycles. The minimum Gasteiger partial charge on any atom is -0.480 e. The molecule has 1 aromatic carbocycles. The first-order valence-corrected chi connectivity index (χ1v) is 6.83. The SMILES string of the molecule is CCC(C)C(C(=O)O)(c1ccccc1)c1cccnc1. The number of aliphatic carboxylic acids is 1. The quantitative estimate of drug-likeness (QED) is 0.903. The van der Waals surface area contributed by atoms with Gasteiger partial charge in [0.2, 0.25) is 0 Å². The molecule has 104 valence electrons. The molecule has 3 nitrogen and oxygen atoms in total. The summed E-state index contributed by atoms with van der Waals surface area (Å²) in [6.45, 7) is 4.00. The Bertz CT molecular complexity index is 527. The van der Waals surface area contributed by atoms with Crippen LogP contribution in [-0.2, 0) is 10.2 Å². The standard InChI is InChI=1S/C17H19NO2/c1-3-13(2)17(16(19)20,14-8-5-4-6-9-14)15-10-7-11-18-12-15/h4-13H,3H2,1-2H3,(H,19,20). The number of rotatable bonds is 5. The van der Waals surface area contributed by atoms with Gasteiger partial charge in [-0.25, -0.2) is 0 Å². The van der Waals surface area contributed by atoms with Crippen molar-refractivity contribution >= 4 is 5.97 Å². The normalized spacial score (nSPS) is 15.3. The summed E-state index contributed by atoms with van der Waals surface area (Å²) in [5, 5.41) is 10.0. The van der Waals surface area contributed by atoms with Gasteiger partial charge in [0, 0.05) is 12.4 Å². The molecule has 0 radical (unpaired) electrons. The van der Waals surface area contributed by atoms with E-state index in [1.807, 2.05) is 50.2 Å². The summed E-state index contributed by atoms with van der Waals surface area (Å²) in [7, 11) is 0. The third kappa shape index (κ3) is 2.20. The van der Waals surface area contributed by atoms with Crippen molar-refractivity contribution in [3.63, 3.8) is 0 Å². The zero-order valence-corrected chi connectivity index (χ0v) is 11.8. The maximum Gasteiger partial charge on any atom is 0.318 e. The molecule has 2 unspecified atom stereocenters. The van der Waals surface area contributed by atoms with E-state index in [2.05, 4.69) is 4.98 Å². The third-order valence-electron chi connectivity index (χ3n) is 4.03. The highest BCUT2D eigenvalue weighted by molar-refractivity contribution is 5.86. The smallest absolute Gasteiger partial charge is 0.318 e. The van der Waals surface area contributed by atoms with E-state index in [9.17, 15) is 9.90 Å². The first kappa shape index (κ1) is 14.3. The summed E-state index contributed by atoms with van der Waals surface area (Å²) in [5.41, 5.74) is 0.479. The number of hydrogen-bond donors (Lipinski definition) is 1. The fourth-order valence-electron chi connectivity index (χ4n) is 2.80. The molecule has 0 bridgehead atoms. The van der Waals surface area contributed by atoms with Crippen molar-refractivity contribution < 1.29 is 9.90 Å². The molecule has 1 heterocycles. The molecule has 0 amide bonds. The lowest BCUT2D eigenvalue weighted by molar-refractivity contribution is -0.144. The number of carboxylic acids is 1. The van der Waals surface area contributed by atoms with Crippen molar-refractivity contribution in [2.24, 2.45) is 5.92 Å². The van der Waals surface area contributed by atoms with Crippen LogP contribution in [0.5, 0.6) is 0 Å². The maximum absolute atomic E-state index is 12.2. The molecule has 0 fully saturated rings. The summed E-state index contributed by atoms with van der Waals surface area (Å²) in [5.74, 6) is -0.863. The lowest BCUT2D eigenvalue weighted by Crippen LogP contribution is -2.43. The maximum atomic E-state index is 12.2. The monoisotopic (exact) mass is 269 g/mol. The van der Waals surface area contributed by atoms with Gasteiger partial charge >= 0.3 is 5.97 Å². The molecule has 0 aliphatic carbocycles. The van der Waals surface area contributed by atoms with Gasteiger partial charge in [-0.15, -0.1) is 0 Å². The van der Waals surface area contributed by atoms with Gasteiger partial charge in [0.1, 0.15) is 5.41 Å². The molecular weight excluding hydrogens is 250 g/mol. The molecule has 0 spiro atoms. The molecular formula is C17H19NO2. The van der Waals surface area contributed by atoms with Gasteiger partial charge in [-0.2, -0.15) is 0 Å². The topological polar surface area (TPSA) is 50.2 Å². The molecule has 0 aliphatic rings. The molecule has 3 heteroatoms. The van der Waals surface area contributed by atoms with Crippen LogP contribution in [0.25, 0.3) is 0 Å². The number of pyridine rings is 1. The van der Waals surface area contributed by atoms with Crippen LogP contribution in [0.1, 0.15) is 31.4 Å². The largest absolute Gasteiger partial charge is 0.480 e. The number of aromatic nitrogens is 1. The summed E-state index contributed by atoms with van der Waals surface area (Å²) >= 11 is 0. The van der Waals surface area contributed by atoms with Gasteiger partial charge in [0.05, 0.1) is 0 Å². The van der Waals surface area contributed by atoms with Crippen LogP contribution >= 0.6 is 0 Å². The molecule has 1 N–H and O–H groups in total. The Morgan fingerprint density at radius 1 is 1.20 bits per heavy atom. The Balaban J connectivity index is 2.73. The first-order chi connectivity index (χ1) is 9.64. The van der Waals surface area contributed by atoms with Crippen molar-refractivity contribution in [3.05, 3.63) is 66.0 Å². The minimum absolute atomic E-state index is 0.0356. The highest BCUT2D eigenvalue weighted by Gasteiger charge is 2.46. The number of nitrogens with zero attached hydrogens (tertiary/aromatic N) is 1. The van der Waals surface area contributed by atoms with Gasteiger partial charge in [0.25, 0.3) is 0 Å². The Hall–Kier alpha value is -2.16. The van der Waals surface area contributed by atoms with Crippen molar-refractivity contribution in [2.45, 2.75) is 25.7 Å². The third-order valence-corrected chi connectivity index (χ3v) is 4.03. The number of benzene rings is 1. The van der Waals surface area contributed by atoms with Crippen molar-refractivity contribution in [3.8, 4) is 0 Å². The molecule has 2 aromatic rings. The second kappa shape index (κ2) is 5.87. The molecule has 0 saturated carbocycles. The second-order valence-electron chi connectivity index (χ2n) is 5.03. The van der Waals surface area contributed by atoms with E-state index in [0.29, 0.717) is 0 Å². The fraction of sp³-hybridized carbons (Fsp3) is 0.294. The zero-order valence-electron chi connectivity index (χ0n) is 11.8. The van der Waals surface area contributed by atoms with Gasteiger partial charge in [0.15, 0.2) is 0 Å². The fourth-order valence-corrected chi connectivity index (χ4v) is 2.80. The van der Waals surface area contributed by atoms with Gasteiger partial charge in [-0.3, -0.25) is 9.78 Å². The minimum atomic E-state index is -1.05. The van der Waals surface area contributed by atoms with Crippen LogP contribution in [-0.4, -0.2) is 16.1 Å². The van der Waals surface area contributed by atoms with Crippen molar-refractivity contribution in [1.82, 2.24) is 4.98 Å². The first-order valence-electron chi connectivity index (χ1n) is 6.83. The van der Waals surface area contributed by atoms with Gasteiger partial charge in [-0.05, 0) is 23.1 Å².